The van der Waals surface area contributed by atoms with Gasteiger partial charge in [-0.15, -0.1) is 0 Å². The first kappa shape index (κ1) is 20.2. The highest BCUT2D eigenvalue weighted by atomic mass is 19.4. The van der Waals surface area contributed by atoms with Gasteiger partial charge in [0.2, 0.25) is 5.88 Å². The molecular weight excluding hydrogens is 365 g/mol. The Hall–Kier alpha value is -3.10. The highest BCUT2D eigenvalue weighted by Crippen LogP contribution is 2.29. The largest absolute Gasteiger partial charge is 0.466 e. The maximum atomic E-state index is 12.5. The van der Waals surface area contributed by atoms with Gasteiger partial charge in [0.25, 0.3) is 0 Å². The van der Waals surface area contributed by atoms with Gasteiger partial charge in [-0.1, -0.05) is 17.3 Å². The average Bonchev–Trinajstić information content (AvgIpc) is 2.66. The standard InChI is InChI=1S/C18H17F3N2O4/c1-12(14-5-8-16(22-9-14)26-11-17(24)25-2)23-27-10-13-3-6-15(7-4-13)18(19,20)21/h3-9H,10-11H2,1-2H3/b23-12+. The van der Waals surface area contributed by atoms with E-state index in [2.05, 4.69) is 14.9 Å². The van der Waals surface area contributed by atoms with Crippen LogP contribution in [0.3, 0.4) is 0 Å². The number of alkyl halides is 3. The summed E-state index contributed by atoms with van der Waals surface area (Å²) in [7, 11) is 1.26. The third-order valence-electron chi connectivity index (χ3n) is 3.43. The molecule has 0 spiro atoms. The maximum absolute atomic E-state index is 12.5. The van der Waals surface area contributed by atoms with E-state index in [-0.39, 0.29) is 19.1 Å². The number of carbonyl (C=O) groups excluding carboxylic acids is 1. The van der Waals surface area contributed by atoms with Gasteiger partial charge in [-0.3, -0.25) is 0 Å². The number of carbonyl (C=O) groups is 1. The van der Waals surface area contributed by atoms with Gasteiger partial charge in [-0.05, 0) is 30.7 Å². The zero-order valence-corrected chi connectivity index (χ0v) is 14.6. The van der Waals surface area contributed by atoms with Crippen LogP contribution in [0.25, 0.3) is 0 Å². The fraction of sp³-hybridized carbons (Fsp3) is 0.278. The second-order valence-electron chi connectivity index (χ2n) is 5.39. The van der Waals surface area contributed by atoms with Gasteiger partial charge in [0.1, 0.15) is 6.61 Å². The van der Waals surface area contributed by atoms with E-state index in [4.69, 9.17) is 9.57 Å². The SMILES string of the molecule is COC(=O)COc1ccc(/C(C)=N/OCc2ccc(C(F)(F)F)cc2)cn1. The number of esters is 1. The van der Waals surface area contributed by atoms with Crippen molar-refractivity contribution in [3.63, 3.8) is 0 Å². The Kier molecular flexibility index (Phi) is 6.75. The Bertz CT molecular complexity index is 788. The molecule has 0 saturated carbocycles. The third kappa shape index (κ3) is 6.28. The van der Waals surface area contributed by atoms with Gasteiger partial charge in [-0.25, -0.2) is 9.78 Å². The van der Waals surface area contributed by atoms with Gasteiger partial charge in [-0.2, -0.15) is 13.2 Å². The van der Waals surface area contributed by atoms with Crippen LogP contribution in [0.2, 0.25) is 0 Å². The van der Waals surface area contributed by atoms with Crippen molar-refractivity contribution in [3.8, 4) is 5.88 Å². The van der Waals surface area contributed by atoms with E-state index in [1.807, 2.05) is 0 Å². The predicted octanol–water partition coefficient (Wildman–Crippen LogP) is 3.59. The van der Waals surface area contributed by atoms with Crippen LogP contribution >= 0.6 is 0 Å². The average molecular weight is 382 g/mol. The van der Waals surface area contributed by atoms with Crippen molar-refractivity contribution in [2.24, 2.45) is 5.16 Å². The number of pyridine rings is 1. The lowest BCUT2D eigenvalue weighted by molar-refractivity contribution is -0.143. The van der Waals surface area contributed by atoms with E-state index in [1.165, 1.54) is 25.4 Å². The molecule has 0 bridgehead atoms. The first-order valence-electron chi connectivity index (χ1n) is 7.78. The van der Waals surface area contributed by atoms with Gasteiger partial charge < -0.3 is 14.3 Å². The number of hydrogen-bond donors (Lipinski definition) is 0. The molecule has 0 amide bonds. The summed E-state index contributed by atoms with van der Waals surface area (Å²) >= 11 is 0. The van der Waals surface area contributed by atoms with Crippen molar-refractivity contribution >= 4 is 11.7 Å². The summed E-state index contributed by atoms with van der Waals surface area (Å²) in [4.78, 5) is 20.2. The van der Waals surface area contributed by atoms with Crippen molar-refractivity contribution in [2.75, 3.05) is 13.7 Å². The summed E-state index contributed by atoms with van der Waals surface area (Å²) in [6.07, 6.45) is -2.87. The number of methoxy groups -OCH3 is 1. The molecule has 9 heteroatoms. The Balaban J connectivity index is 1.89. The highest BCUT2D eigenvalue weighted by Gasteiger charge is 2.29. The smallest absolute Gasteiger partial charge is 0.416 e. The van der Waals surface area contributed by atoms with Gasteiger partial charge in [0, 0.05) is 17.8 Å². The van der Waals surface area contributed by atoms with Gasteiger partial charge in [0.05, 0.1) is 18.4 Å². The van der Waals surface area contributed by atoms with Crippen LogP contribution in [-0.4, -0.2) is 30.4 Å². The Morgan fingerprint density at radius 1 is 1.15 bits per heavy atom. The Labute approximate surface area is 153 Å². The molecule has 0 N–H and O–H groups in total. The number of aromatic nitrogens is 1. The minimum Gasteiger partial charge on any atom is -0.466 e. The number of hydrogen-bond acceptors (Lipinski definition) is 6. The topological polar surface area (TPSA) is 70.0 Å². The summed E-state index contributed by atoms with van der Waals surface area (Å²) in [5.74, 6) is -0.266. The molecule has 2 rings (SSSR count). The van der Waals surface area contributed by atoms with Crippen molar-refractivity contribution in [1.29, 1.82) is 0 Å². The molecule has 0 aliphatic rings. The molecule has 1 heterocycles. The van der Waals surface area contributed by atoms with Crippen molar-refractivity contribution in [2.45, 2.75) is 19.7 Å². The molecule has 0 fully saturated rings. The van der Waals surface area contributed by atoms with Crippen LogP contribution in [0.15, 0.2) is 47.8 Å². The predicted molar refractivity (Wildman–Crippen MR) is 90.2 cm³/mol. The normalized spacial score (nSPS) is 11.8. The molecular formula is C18H17F3N2O4. The number of benzene rings is 1. The molecule has 0 radical (unpaired) electrons. The lowest BCUT2D eigenvalue weighted by Crippen LogP contribution is -2.13. The first-order valence-corrected chi connectivity index (χ1v) is 7.78. The summed E-state index contributed by atoms with van der Waals surface area (Å²) in [6.45, 7) is 1.48. The zero-order chi connectivity index (χ0) is 19.9. The second-order valence-corrected chi connectivity index (χ2v) is 5.39. The molecule has 0 aliphatic carbocycles. The van der Waals surface area contributed by atoms with Crippen molar-refractivity contribution < 1.29 is 32.3 Å². The van der Waals surface area contributed by atoms with Crippen LogP contribution in [0.4, 0.5) is 13.2 Å². The van der Waals surface area contributed by atoms with Crippen LogP contribution in [0.5, 0.6) is 5.88 Å². The Morgan fingerprint density at radius 2 is 1.85 bits per heavy atom. The Morgan fingerprint density at radius 3 is 2.41 bits per heavy atom. The van der Waals surface area contributed by atoms with E-state index >= 15 is 0 Å². The monoisotopic (exact) mass is 382 g/mol. The van der Waals surface area contributed by atoms with Crippen LogP contribution in [0, 0.1) is 0 Å². The number of rotatable bonds is 7. The number of halogens is 3. The van der Waals surface area contributed by atoms with Crippen LogP contribution < -0.4 is 4.74 Å². The van der Waals surface area contributed by atoms with E-state index < -0.39 is 17.7 Å². The van der Waals surface area contributed by atoms with Gasteiger partial charge >= 0.3 is 12.1 Å². The lowest BCUT2D eigenvalue weighted by atomic mass is 10.1. The second kappa shape index (κ2) is 9.02. The molecule has 2 aromatic rings. The van der Waals surface area contributed by atoms with E-state index in [9.17, 15) is 18.0 Å². The van der Waals surface area contributed by atoms with Crippen LogP contribution in [0.1, 0.15) is 23.6 Å². The molecule has 1 aromatic heterocycles. The van der Waals surface area contributed by atoms with E-state index in [1.54, 1.807) is 19.1 Å². The molecule has 6 nitrogen and oxygen atoms in total. The van der Waals surface area contributed by atoms with Crippen molar-refractivity contribution in [1.82, 2.24) is 4.98 Å². The van der Waals surface area contributed by atoms with Crippen molar-refractivity contribution in [3.05, 3.63) is 59.3 Å². The quantitative estimate of drug-likeness (QED) is 0.416. The summed E-state index contributed by atoms with van der Waals surface area (Å²) in [5.41, 5.74) is 1.03. The summed E-state index contributed by atoms with van der Waals surface area (Å²) in [5, 5.41) is 3.92. The minimum atomic E-state index is -4.37. The minimum absolute atomic E-state index is 0.0310. The number of oxime groups is 1. The highest BCUT2D eigenvalue weighted by molar-refractivity contribution is 5.98. The molecule has 0 saturated heterocycles. The molecule has 0 atom stereocenters. The fourth-order valence-corrected chi connectivity index (χ4v) is 1.92. The number of ether oxygens (including phenoxy) is 2. The molecule has 144 valence electrons. The molecule has 1 aromatic carbocycles. The van der Waals surface area contributed by atoms with Crippen LogP contribution in [-0.2, 0) is 27.2 Å². The first-order chi connectivity index (χ1) is 12.8. The molecule has 27 heavy (non-hydrogen) atoms. The van der Waals surface area contributed by atoms with Gasteiger partial charge in [0.15, 0.2) is 6.61 Å². The maximum Gasteiger partial charge on any atom is 0.416 e. The molecule has 0 unspecified atom stereocenters. The van der Waals surface area contributed by atoms with E-state index in [0.29, 0.717) is 16.8 Å². The molecule has 0 aliphatic heterocycles. The summed E-state index contributed by atoms with van der Waals surface area (Å²) < 4.78 is 47.1. The number of nitrogens with zero attached hydrogens (tertiary/aromatic N) is 2. The lowest BCUT2D eigenvalue weighted by Gasteiger charge is -2.07. The fourth-order valence-electron chi connectivity index (χ4n) is 1.92. The van der Waals surface area contributed by atoms with E-state index in [0.717, 1.165) is 12.1 Å². The third-order valence-corrected chi connectivity index (χ3v) is 3.43. The summed E-state index contributed by atoms with van der Waals surface area (Å²) in [6, 6.07) is 7.90. The zero-order valence-electron chi connectivity index (χ0n) is 14.6.